The van der Waals surface area contributed by atoms with Crippen molar-refractivity contribution in [1.29, 1.82) is 0 Å². The Morgan fingerprint density at radius 3 is 2.46 bits per heavy atom. The molecule has 2 fully saturated rings. The Kier molecular flexibility index (Phi) is 10.1. The van der Waals surface area contributed by atoms with Gasteiger partial charge in [0.05, 0.1) is 6.61 Å². The molecule has 1 atom stereocenters. The molecule has 1 unspecified atom stereocenters. The number of aliphatic imine (C=N–C) groups is 1. The summed E-state index contributed by atoms with van der Waals surface area (Å²) in [4.78, 5) is 32.2. The maximum Gasteiger partial charge on any atom is 0.305 e. The highest BCUT2D eigenvalue weighted by atomic mass is 16.5. The second-order valence-electron chi connectivity index (χ2n) is 7.26. The summed E-state index contributed by atoms with van der Waals surface area (Å²) in [6, 6.07) is 0. The van der Waals surface area contributed by atoms with Gasteiger partial charge in [-0.25, -0.2) is 0 Å². The molecular weight excluding hydrogens is 360 g/mol. The number of unbranched alkanes of at least 4 members (excludes halogenated alkanes) is 3. The second-order valence-corrected chi connectivity index (χ2v) is 7.26. The third-order valence-corrected chi connectivity index (χ3v) is 5.20. The molecule has 28 heavy (non-hydrogen) atoms. The van der Waals surface area contributed by atoms with E-state index >= 15 is 0 Å². The van der Waals surface area contributed by atoms with Gasteiger partial charge in [-0.05, 0) is 32.6 Å². The van der Waals surface area contributed by atoms with Crippen LogP contribution in [0.3, 0.4) is 0 Å². The molecule has 2 saturated heterocycles. The van der Waals surface area contributed by atoms with Crippen molar-refractivity contribution >= 4 is 17.8 Å². The van der Waals surface area contributed by atoms with Gasteiger partial charge in [-0.3, -0.25) is 14.6 Å². The predicted octanol–water partition coefficient (Wildman–Crippen LogP) is 1.40. The zero-order valence-electron chi connectivity index (χ0n) is 17.5. The molecule has 8 nitrogen and oxygen atoms in total. The van der Waals surface area contributed by atoms with Gasteiger partial charge >= 0.3 is 5.97 Å². The molecule has 2 aliphatic rings. The molecule has 2 rings (SSSR count). The summed E-state index contributed by atoms with van der Waals surface area (Å²) < 4.78 is 10.4. The number of piperazine rings is 1. The first-order valence-electron chi connectivity index (χ1n) is 10.7. The fraction of sp³-hybridized carbons (Fsp3) is 0.850. The van der Waals surface area contributed by atoms with E-state index in [1.165, 1.54) is 0 Å². The Hall–Kier alpha value is -1.83. The number of guanidine groups is 1. The molecule has 0 aromatic heterocycles. The zero-order valence-corrected chi connectivity index (χ0v) is 17.5. The van der Waals surface area contributed by atoms with Gasteiger partial charge < -0.3 is 24.6 Å². The molecule has 0 aromatic carbocycles. The molecule has 2 aliphatic heterocycles. The molecule has 1 N–H and O–H groups in total. The van der Waals surface area contributed by atoms with E-state index in [1.807, 2.05) is 11.8 Å². The van der Waals surface area contributed by atoms with Gasteiger partial charge in [0.2, 0.25) is 0 Å². The van der Waals surface area contributed by atoms with Crippen molar-refractivity contribution in [3.8, 4) is 0 Å². The monoisotopic (exact) mass is 396 g/mol. The molecular formula is C20H36N4O4. The number of hydrogen-bond acceptors (Lipinski definition) is 5. The predicted molar refractivity (Wildman–Crippen MR) is 108 cm³/mol. The van der Waals surface area contributed by atoms with Crippen molar-refractivity contribution in [3.05, 3.63) is 0 Å². The first-order chi connectivity index (χ1) is 13.7. The molecule has 0 spiro atoms. The van der Waals surface area contributed by atoms with Crippen LogP contribution in [0, 0.1) is 0 Å². The van der Waals surface area contributed by atoms with Crippen molar-refractivity contribution in [1.82, 2.24) is 15.1 Å². The lowest BCUT2D eigenvalue weighted by Crippen LogP contribution is -2.55. The quantitative estimate of drug-likeness (QED) is 0.275. The summed E-state index contributed by atoms with van der Waals surface area (Å²) in [7, 11) is 1.80. The van der Waals surface area contributed by atoms with Crippen LogP contribution in [0.4, 0.5) is 0 Å². The average molecular weight is 397 g/mol. The lowest BCUT2D eigenvalue weighted by atomic mass is 10.1. The number of ether oxygens (including phenoxy) is 2. The van der Waals surface area contributed by atoms with Crippen molar-refractivity contribution in [2.75, 3.05) is 53.0 Å². The Morgan fingerprint density at radius 2 is 1.82 bits per heavy atom. The first kappa shape index (κ1) is 22.5. The minimum atomic E-state index is -0.229. The Bertz CT molecular complexity index is 512. The number of nitrogens with one attached hydrogen (secondary N) is 1. The standard InChI is InChI=1S/C20H36N4O4/c1-3-27-18(25)10-6-4-5-7-11-22-20(21-2)24-14-12-23(13-15-24)19(26)17-9-8-16-28-17/h17H,3-16H2,1-2H3,(H,21,22). The molecule has 0 aromatic rings. The van der Waals surface area contributed by atoms with Crippen LogP contribution >= 0.6 is 0 Å². The normalized spacial score (nSPS) is 20.4. The lowest BCUT2D eigenvalue weighted by Gasteiger charge is -2.37. The van der Waals surface area contributed by atoms with Gasteiger partial charge in [0.25, 0.3) is 5.91 Å². The van der Waals surface area contributed by atoms with Crippen LogP contribution in [-0.4, -0.2) is 86.7 Å². The zero-order chi connectivity index (χ0) is 20.2. The van der Waals surface area contributed by atoms with Crippen LogP contribution in [0.25, 0.3) is 0 Å². The van der Waals surface area contributed by atoms with Crippen LogP contribution in [0.5, 0.6) is 0 Å². The van der Waals surface area contributed by atoms with Crippen LogP contribution in [-0.2, 0) is 19.1 Å². The molecule has 0 bridgehead atoms. The van der Waals surface area contributed by atoms with E-state index in [0.29, 0.717) is 32.7 Å². The molecule has 0 saturated carbocycles. The molecule has 0 aliphatic carbocycles. The van der Waals surface area contributed by atoms with Crippen LogP contribution in [0.15, 0.2) is 4.99 Å². The maximum absolute atomic E-state index is 12.4. The second kappa shape index (κ2) is 12.6. The number of hydrogen-bond donors (Lipinski definition) is 1. The highest BCUT2D eigenvalue weighted by Gasteiger charge is 2.30. The summed E-state index contributed by atoms with van der Waals surface area (Å²) in [6.07, 6.45) is 6.15. The van der Waals surface area contributed by atoms with Crippen molar-refractivity contribution in [3.63, 3.8) is 0 Å². The minimum Gasteiger partial charge on any atom is -0.466 e. The highest BCUT2D eigenvalue weighted by molar-refractivity contribution is 5.82. The van der Waals surface area contributed by atoms with E-state index in [9.17, 15) is 9.59 Å². The van der Waals surface area contributed by atoms with E-state index < -0.39 is 0 Å². The van der Waals surface area contributed by atoms with Crippen LogP contribution in [0.2, 0.25) is 0 Å². The van der Waals surface area contributed by atoms with E-state index in [0.717, 1.165) is 64.1 Å². The first-order valence-corrected chi connectivity index (χ1v) is 10.7. The minimum absolute atomic E-state index is 0.0989. The fourth-order valence-corrected chi connectivity index (χ4v) is 3.63. The molecule has 2 heterocycles. The fourth-order valence-electron chi connectivity index (χ4n) is 3.63. The Morgan fingerprint density at radius 1 is 1.11 bits per heavy atom. The lowest BCUT2D eigenvalue weighted by molar-refractivity contribution is -0.143. The SMILES string of the molecule is CCOC(=O)CCCCCCNC(=NC)N1CCN(C(=O)C2CCCO2)CC1. The summed E-state index contributed by atoms with van der Waals surface area (Å²) in [5, 5.41) is 3.41. The van der Waals surface area contributed by atoms with E-state index in [2.05, 4.69) is 15.2 Å². The van der Waals surface area contributed by atoms with E-state index in [-0.39, 0.29) is 18.0 Å². The van der Waals surface area contributed by atoms with Gasteiger partial charge in [0.1, 0.15) is 6.10 Å². The van der Waals surface area contributed by atoms with Gasteiger partial charge in [-0.2, -0.15) is 0 Å². The number of nitrogens with zero attached hydrogens (tertiary/aromatic N) is 3. The van der Waals surface area contributed by atoms with Gasteiger partial charge in [-0.15, -0.1) is 0 Å². The number of carbonyl (C=O) groups is 2. The number of amides is 1. The number of rotatable bonds is 9. The smallest absolute Gasteiger partial charge is 0.305 e. The molecule has 160 valence electrons. The Balaban J connectivity index is 1.57. The summed E-state index contributed by atoms with van der Waals surface area (Å²) >= 11 is 0. The van der Waals surface area contributed by atoms with E-state index in [4.69, 9.17) is 9.47 Å². The summed E-state index contributed by atoms with van der Waals surface area (Å²) in [5.74, 6) is 0.941. The molecule has 8 heteroatoms. The topological polar surface area (TPSA) is 83.5 Å². The maximum atomic E-state index is 12.4. The van der Waals surface area contributed by atoms with Crippen molar-refractivity contribution in [2.24, 2.45) is 4.99 Å². The summed E-state index contributed by atoms with van der Waals surface area (Å²) in [5.41, 5.74) is 0. The van der Waals surface area contributed by atoms with Gasteiger partial charge in [0.15, 0.2) is 5.96 Å². The van der Waals surface area contributed by atoms with Crippen molar-refractivity contribution in [2.45, 2.75) is 58.0 Å². The average Bonchev–Trinajstić information content (AvgIpc) is 3.25. The van der Waals surface area contributed by atoms with Crippen LogP contribution in [0.1, 0.15) is 51.9 Å². The van der Waals surface area contributed by atoms with E-state index in [1.54, 1.807) is 7.05 Å². The molecule has 1 amide bonds. The largest absolute Gasteiger partial charge is 0.466 e. The summed E-state index contributed by atoms with van der Waals surface area (Å²) in [6.45, 7) is 6.86. The number of esters is 1. The third-order valence-electron chi connectivity index (χ3n) is 5.20. The number of carbonyl (C=O) groups excluding carboxylic acids is 2. The third kappa shape index (κ3) is 7.30. The van der Waals surface area contributed by atoms with Gasteiger partial charge in [-0.1, -0.05) is 12.8 Å². The highest BCUT2D eigenvalue weighted by Crippen LogP contribution is 2.16. The van der Waals surface area contributed by atoms with Gasteiger partial charge in [0, 0.05) is 52.8 Å². The Labute approximate surface area is 168 Å². The van der Waals surface area contributed by atoms with Crippen molar-refractivity contribution < 1.29 is 19.1 Å². The van der Waals surface area contributed by atoms with Crippen LogP contribution < -0.4 is 5.32 Å². The molecule has 0 radical (unpaired) electrons.